The number of hydrogen-bond acceptors (Lipinski definition) is 5. The maximum Gasteiger partial charge on any atom is 0.573 e. The molecule has 4 aromatic rings. The molecule has 0 saturated heterocycles. The number of benzene rings is 3. The number of amides is 2. The fraction of sp³-hybridized carbons (Fsp3) is 0.214. The number of thiocarbonyl (C=S) groups is 1. The zero-order valence-corrected chi connectivity index (χ0v) is 22.4. The van der Waals surface area contributed by atoms with Crippen molar-refractivity contribution in [1.29, 1.82) is 0 Å². The first-order valence-corrected chi connectivity index (χ1v) is 12.9. The highest BCUT2D eigenvalue weighted by molar-refractivity contribution is 7.80. The molecular weight excluding hydrogens is 541 g/mol. The Labute approximate surface area is 234 Å². The SMILES string of the molecule is CCc1ccccc1NC(=S)NC(=O)NCCCc1cccc(-c2ncn(-c3ccc(OC(F)(F)F)cc3)n2)c1. The van der Waals surface area contributed by atoms with Crippen LogP contribution in [0.4, 0.5) is 23.7 Å². The number of aromatic nitrogens is 3. The Morgan fingerprint density at radius 3 is 2.58 bits per heavy atom. The van der Waals surface area contributed by atoms with Gasteiger partial charge in [0, 0.05) is 17.8 Å². The number of ether oxygens (including phenoxy) is 1. The van der Waals surface area contributed by atoms with Gasteiger partial charge in [-0.2, -0.15) is 0 Å². The van der Waals surface area contributed by atoms with E-state index in [1.807, 2.05) is 55.5 Å². The van der Waals surface area contributed by atoms with Crippen molar-refractivity contribution in [2.24, 2.45) is 0 Å². The number of halogens is 3. The van der Waals surface area contributed by atoms with Crippen molar-refractivity contribution in [2.75, 3.05) is 11.9 Å². The summed E-state index contributed by atoms with van der Waals surface area (Å²) >= 11 is 5.25. The van der Waals surface area contributed by atoms with Crippen LogP contribution < -0.4 is 20.7 Å². The maximum atomic E-state index is 12.4. The number of nitrogens with zero attached hydrogens (tertiary/aromatic N) is 3. The molecule has 4 rings (SSSR count). The molecular formula is C28H27F3N6O2S. The van der Waals surface area contributed by atoms with E-state index in [9.17, 15) is 18.0 Å². The molecule has 0 aliphatic rings. The average Bonchev–Trinajstić information content (AvgIpc) is 3.42. The van der Waals surface area contributed by atoms with E-state index in [1.54, 1.807) is 0 Å². The van der Waals surface area contributed by atoms with Crippen molar-refractivity contribution in [2.45, 2.75) is 32.5 Å². The van der Waals surface area contributed by atoms with Gasteiger partial charge < -0.3 is 15.4 Å². The minimum atomic E-state index is -4.75. The Bertz CT molecular complexity index is 1460. The van der Waals surface area contributed by atoms with Crippen molar-refractivity contribution in [3.05, 3.63) is 90.3 Å². The first-order chi connectivity index (χ1) is 19.2. The second kappa shape index (κ2) is 13.1. The molecule has 0 unspecified atom stereocenters. The van der Waals surface area contributed by atoms with Gasteiger partial charge in [-0.25, -0.2) is 14.5 Å². The highest BCUT2D eigenvalue weighted by Gasteiger charge is 2.31. The number of nitrogens with one attached hydrogen (secondary N) is 3. The van der Waals surface area contributed by atoms with Crippen LogP contribution in [0.2, 0.25) is 0 Å². The molecule has 0 aliphatic carbocycles. The third-order valence-electron chi connectivity index (χ3n) is 5.81. The molecule has 0 fully saturated rings. The van der Waals surface area contributed by atoms with Gasteiger partial charge in [0.1, 0.15) is 12.1 Å². The lowest BCUT2D eigenvalue weighted by Crippen LogP contribution is -2.42. The molecule has 2 amide bonds. The minimum Gasteiger partial charge on any atom is -0.406 e. The largest absolute Gasteiger partial charge is 0.573 e. The second-order valence-corrected chi connectivity index (χ2v) is 9.11. The highest BCUT2D eigenvalue weighted by atomic mass is 32.1. The number of carbonyl (C=O) groups excluding carboxylic acids is 1. The standard InChI is InChI=1S/C28H27F3N6O2S/c1-2-20-9-3-4-11-24(20)34-27(40)35-26(38)32-16-6-8-19-7-5-10-21(17-19)25-33-18-37(36-25)22-12-14-23(15-13-22)39-28(29,30)31/h3-5,7,9-15,17-18H,2,6,8,16H2,1H3,(H3,32,34,35,38,40). The van der Waals surface area contributed by atoms with Gasteiger partial charge in [-0.1, -0.05) is 43.3 Å². The number of urea groups is 1. The molecule has 0 atom stereocenters. The summed E-state index contributed by atoms with van der Waals surface area (Å²) < 4.78 is 42.5. The highest BCUT2D eigenvalue weighted by Crippen LogP contribution is 2.24. The fourth-order valence-corrected chi connectivity index (χ4v) is 4.13. The number of hydrogen-bond donors (Lipinski definition) is 3. The topological polar surface area (TPSA) is 93.1 Å². The van der Waals surface area contributed by atoms with Crippen LogP contribution in [0.1, 0.15) is 24.5 Å². The maximum absolute atomic E-state index is 12.4. The number of para-hydroxylation sites is 1. The Morgan fingerprint density at radius 2 is 1.82 bits per heavy atom. The third-order valence-corrected chi connectivity index (χ3v) is 6.02. The van der Waals surface area contributed by atoms with Gasteiger partial charge in [-0.05, 0) is 79.0 Å². The van der Waals surface area contributed by atoms with Crippen molar-refractivity contribution in [1.82, 2.24) is 25.4 Å². The number of rotatable bonds is 9. The second-order valence-electron chi connectivity index (χ2n) is 8.70. The van der Waals surface area contributed by atoms with Crippen molar-refractivity contribution < 1.29 is 22.7 Å². The van der Waals surface area contributed by atoms with Crippen LogP contribution in [0.15, 0.2) is 79.1 Å². The van der Waals surface area contributed by atoms with E-state index >= 15 is 0 Å². The molecule has 3 aromatic carbocycles. The summed E-state index contributed by atoms with van der Waals surface area (Å²) in [6.45, 7) is 2.50. The van der Waals surface area contributed by atoms with E-state index in [0.717, 1.165) is 28.8 Å². The van der Waals surface area contributed by atoms with Crippen LogP contribution in [0.3, 0.4) is 0 Å². The Hall–Kier alpha value is -4.45. The zero-order valence-electron chi connectivity index (χ0n) is 21.5. The van der Waals surface area contributed by atoms with E-state index in [0.29, 0.717) is 30.9 Å². The average molecular weight is 569 g/mol. The molecule has 0 bridgehead atoms. The van der Waals surface area contributed by atoms with Gasteiger partial charge in [-0.3, -0.25) is 5.32 Å². The summed E-state index contributed by atoms with van der Waals surface area (Å²) in [5.74, 6) is 0.161. The van der Waals surface area contributed by atoms with Crippen LogP contribution in [0, 0.1) is 0 Å². The summed E-state index contributed by atoms with van der Waals surface area (Å²) in [7, 11) is 0. The minimum absolute atomic E-state index is 0.226. The van der Waals surface area contributed by atoms with Crippen LogP contribution in [0.5, 0.6) is 5.75 Å². The monoisotopic (exact) mass is 568 g/mol. The fourth-order valence-electron chi connectivity index (χ4n) is 3.93. The zero-order chi connectivity index (χ0) is 28.5. The smallest absolute Gasteiger partial charge is 0.406 e. The van der Waals surface area contributed by atoms with Gasteiger partial charge >= 0.3 is 12.4 Å². The molecule has 1 aromatic heterocycles. The normalized spacial score (nSPS) is 11.1. The Balaban J connectivity index is 1.25. The van der Waals surface area contributed by atoms with E-state index in [-0.39, 0.29) is 16.9 Å². The Morgan fingerprint density at radius 1 is 1.05 bits per heavy atom. The molecule has 3 N–H and O–H groups in total. The first-order valence-electron chi connectivity index (χ1n) is 12.5. The number of alkyl halides is 3. The van der Waals surface area contributed by atoms with E-state index in [2.05, 4.69) is 30.8 Å². The predicted octanol–water partition coefficient (Wildman–Crippen LogP) is 6.02. The molecule has 0 spiro atoms. The lowest BCUT2D eigenvalue weighted by atomic mass is 10.1. The Kier molecular flexibility index (Phi) is 9.33. The number of anilines is 1. The van der Waals surface area contributed by atoms with Gasteiger partial charge in [0.25, 0.3) is 0 Å². The van der Waals surface area contributed by atoms with Gasteiger partial charge in [-0.15, -0.1) is 18.3 Å². The predicted molar refractivity (Wildman–Crippen MR) is 150 cm³/mol. The molecule has 208 valence electrons. The summed E-state index contributed by atoms with van der Waals surface area (Å²) in [6, 6.07) is 20.5. The van der Waals surface area contributed by atoms with E-state index in [4.69, 9.17) is 12.2 Å². The molecule has 8 nitrogen and oxygen atoms in total. The quantitative estimate of drug-likeness (QED) is 0.169. The molecule has 40 heavy (non-hydrogen) atoms. The van der Waals surface area contributed by atoms with Crippen molar-refractivity contribution >= 4 is 29.0 Å². The van der Waals surface area contributed by atoms with Crippen LogP contribution in [-0.4, -0.2) is 38.8 Å². The molecule has 12 heteroatoms. The first kappa shape index (κ1) is 28.6. The summed E-state index contributed by atoms with van der Waals surface area (Å²) in [5, 5.41) is 13.2. The molecule has 0 aliphatic heterocycles. The number of aryl methyl sites for hydroxylation is 2. The van der Waals surface area contributed by atoms with Gasteiger partial charge in [0.15, 0.2) is 10.9 Å². The van der Waals surface area contributed by atoms with E-state index < -0.39 is 6.36 Å². The van der Waals surface area contributed by atoms with Crippen molar-refractivity contribution in [3.63, 3.8) is 0 Å². The summed E-state index contributed by atoms with van der Waals surface area (Å²) in [5.41, 5.74) is 4.34. The lowest BCUT2D eigenvalue weighted by Gasteiger charge is -2.13. The van der Waals surface area contributed by atoms with Crippen molar-refractivity contribution in [3.8, 4) is 22.8 Å². The number of carbonyl (C=O) groups is 1. The third kappa shape index (κ3) is 8.27. The van der Waals surface area contributed by atoms with Crippen LogP contribution in [0.25, 0.3) is 17.1 Å². The summed E-state index contributed by atoms with van der Waals surface area (Å²) in [6.07, 6.45) is -1.01. The van der Waals surface area contributed by atoms with E-state index in [1.165, 1.54) is 35.3 Å². The molecule has 0 radical (unpaired) electrons. The van der Waals surface area contributed by atoms with Gasteiger partial charge in [0.2, 0.25) is 0 Å². The lowest BCUT2D eigenvalue weighted by molar-refractivity contribution is -0.274. The van der Waals surface area contributed by atoms with Gasteiger partial charge in [0.05, 0.1) is 5.69 Å². The molecule has 0 saturated carbocycles. The van der Waals surface area contributed by atoms with Crippen LogP contribution >= 0.6 is 12.2 Å². The van der Waals surface area contributed by atoms with Crippen LogP contribution in [-0.2, 0) is 12.8 Å². The molecule has 1 heterocycles. The summed E-state index contributed by atoms with van der Waals surface area (Å²) in [4.78, 5) is 16.6.